The number of benzene rings is 1. The van der Waals surface area contributed by atoms with E-state index < -0.39 is 0 Å². The molecule has 0 bridgehead atoms. The summed E-state index contributed by atoms with van der Waals surface area (Å²) in [6.07, 6.45) is 4.70. The summed E-state index contributed by atoms with van der Waals surface area (Å²) in [5, 5.41) is 3.45. The lowest BCUT2D eigenvalue weighted by Gasteiger charge is -2.13. The van der Waals surface area contributed by atoms with Crippen LogP contribution in [0, 0.1) is 0 Å². The molecule has 0 aliphatic carbocycles. The molecule has 4 nitrogen and oxygen atoms in total. The zero-order valence-electron chi connectivity index (χ0n) is 12.2. The summed E-state index contributed by atoms with van der Waals surface area (Å²) in [6, 6.07) is 4.09. The molecule has 0 fully saturated rings. The molecule has 0 unspecified atom stereocenters. The van der Waals surface area contributed by atoms with Gasteiger partial charge < -0.3 is 14.6 Å². The second-order valence-electron chi connectivity index (χ2n) is 4.69. The first-order valence-electron chi connectivity index (χ1n) is 6.89. The lowest BCUT2D eigenvalue weighted by molar-refractivity contribution is 0.333. The van der Waals surface area contributed by atoms with Gasteiger partial charge in [0.25, 0.3) is 0 Å². The Kier molecular flexibility index (Phi) is 6.26. The van der Waals surface area contributed by atoms with Gasteiger partial charge in [-0.1, -0.05) is 15.9 Å². The first kappa shape index (κ1) is 16.5. The molecule has 1 N–H and O–H groups in total. The van der Waals surface area contributed by atoms with Crippen LogP contribution in [0.15, 0.2) is 33.5 Å². The summed E-state index contributed by atoms with van der Waals surface area (Å²) in [6.45, 7) is 4.28. The third-order valence-electron chi connectivity index (χ3n) is 3.14. The Bertz CT molecular complexity index is 599. The molecule has 2 rings (SSSR count). The van der Waals surface area contributed by atoms with Gasteiger partial charge in [0.1, 0.15) is 11.6 Å². The Morgan fingerprint density at radius 1 is 1.33 bits per heavy atom. The van der Waals surface area contributed by atoms with Crippen molar-refractivity contribution in [3.8, 4) is 5.75 Å². The van der Waals surface area contributed by atoms with Crippen LogP contribution in [0.5, 0.6) is 5.75 Å². The van der Waals surface area contributed by atoms with Gasteiger partial charge in [-0.05, 0) is 35.0 Å². The summed E-state index contributed by atoms with van der Waals surface area (Å²) in [7, 11) is 2.01. The van der Waals surface area contributed by atoms with E-state index in [1.165, 1.54) is 0 Å². The number of nitrogens with zero attached hydrogens (tertiary/aromatic N) is 2. The van der Waals surface area contributed by atoms with Gasteiger partial charge in [-0.15, -0.1) is 0 Å². The second kappa shape index (κ2) is 7.96. The van der Waals surface area contributed by atoms with Gasteiger partial charge in [0, 0.05) is 49.0 Å². The fourth-order valence-electron chi connectivity index (χ4n) is 2.11. The van der Waals surface area contributed by atoms with Crippen molar-refractivity contribution in [1.82, 2.24) is 14.9 Å². The highest BCUT2D eigenvalue weighted by molar-refractivity contribution is 9.11. The molecule has 0 saturated carbocycles. The monoisotopic (exact) mass is 415 g/mol. The predicted octanol–water partition coefficient (Wildman–Crippen LogP) is 3.68. The third kappa shape index (κ3) is 4.56. The van der Waals surface area contributed by atoms with E-state index in [9.17, 15) is 0 Å². The van der Waals surface area contributed by atoms with E-state index in [4.69, 9.17) is 4.74 Å². The minimum Gasteiger partial charge on any atom is -0.492 e. The number of ether oxygens (including phenoxy) is 1. The van der Waals surface area contributed by atoms with E-state index in [1.54, 1.807) is 0 Å². The SMILES string of the molecule is CCOc1c(Br)cc(Br)cc1CNCCc1nccn1C. The molecule has 1 aromatic carbocycles. The van der Waals surface area contributed by atoms with Crippen LogP contribution in [0.4, 0.5) is 0 Å². The third-order valence-corrected chi connectivity index (χ3v) is 4.18. The minimum absolute atomic E-state index is 0.653. The van der Waals surface area contributed by atoms with Crippen molar-refractivity contribution in [2.75, 3.05) is 13.2 Å². The van der Waals surface area contributed by atoms with E-state index >= 15 is 0 Å². The summed E-state index contributed by atoms with van der Waals surface area (Å²) in [5.41, 5.74) is 1.14. The van der Waals surface area contributed by atoms with Crippen LogP contribution in [-0.2, 0) is 20.0 Å². The highest BCUT2D eigenvalue weighted by Crippen LogP contribution is 2.32. The zero-order valence-corrected chi connectivity index (χ0v) is 15.4. The lowest BCUT2D eigenvalue weighted by atomic mass is 10.2. The molecule has 0 spiro atoms. The molecule has 0 aliphatic heterocycles. The van der Waals surface area contributed by atoms with Gasteiger partial charge in [0.05, 0.1) is 11.1 Å². The van der Waals surface area contributed by atoms with Crippen LogP contribution < -0.4 is 10.1 Å². The maximum absolute atomic E-state index is 5.72. The number of aromatic nitrogens is 2. The van der Waals surface area contributed by atoms with Crippen LogP contribution in [0.3, 0.4) is 0 Å². The van der Waals surface area contributed by atoms with Crippen LogP contribution >= 0.6 is 31.9 Å². The second-order valence-corrected chi connectivity index (χ2v) is 6.46. The lowest BCUT2D eigenvalue weighted by Crippen LogP contribution is -2.18. The molecule has 2 aromatic rings. The fourth-order valence-corrected chi connectivity index (χ4v) is 3.54. The molecule has 0 atom stereocenters. The van der Waals surface area contributed by atoms with Gasteiger partial charge in [-0.3, -0.25) is 0 Å². The number of hydrogen-bond donors (Lipinski definition) is 1. The molecule has 6 heteroatoms. The molecule has 21 heavy (non-hydrogen) atoms. The number of halogens is 2. The van der Waals surface area contributed by atoms with Crippen molar-refractivity contribution in [2.24, 2.45) is 7.05 Å². The van der Waals surface area contributed by atoms with E-state index in [0.717, 1.165) is 45.6 Å². The average Bonchev–Trinajstić information content (AvgIpc) is 2.84. The Morgan fingerprint density at radius 3 is 2.81 bits per heavy atom. The molecular weight excluding hydrogens is 398 g/mol. The molecule has 0 amide bonds. The maximum Gasteiger partial charge on any atom is 0.138 e. The summed E-state index contributed by atoms with van der Waals surface area (Å²) in [4.78, 5) is 4.32. The molecule has 114 valence electrons. The summed E-state index contributed by atoms with van der Waals surface area (Å²) < 4.78 is 9.78. The minimum atomic E-state index is 0.653. The van der Waals surface area contributed by atoms with Gasteiger partial charge >= 0.3 is 0 Å². The standard InChI is InChI=1S/C15H19Br2N3O/c1-3-21-15-11(8-12(16)9-13(15)17)10-18-5-4-14-19-6-7-20(14)2/h6-9,18H,3-5,10H2,1-2H3. The molecule has 0 radical (unpaired) electrons. The molecule has 1 aromatic heterocycles. The largest absolute Gasteiger partial charge is 0.492 e. The Hall–Kier alpha value is -0.850. The molecule has 0 saturated heterocycles. The van der Waals surface area contributed by atoms with Gasteiger partial charge in [0.15, 0.2) is 0 Å². The maximum atomic E-state index is 5.72. The highest BCUT2D eigenvalue weighted by atomic mass is 79.9. The highest BCUT2D eigenvalue weighted by Gasteiger charge is 2.09. The van der Waals surface area contributed by atoms with Crippen LogP contribution in [0.25, 0.3) is 0 Å². The smallest absolute Gasteiger partial charge is 0.138 e. The number of rotatable bonds is 7. The number of hydrogen-bond acceptors (Lipinski definition) is 3. The summed E-state index contributed by atoms with van der Waals surface area (Å²) in [5.74, 6) is 1.99. The van der Waals surface area contributed by atoms with Crippen LogP contribution in [0.2, 0.25) is 0 Å². The number of aryl methyl sites for hydroxylation is 1. The Morgan fingerprint density at radius 2 is 2.14 bits per heavy atom. The van der Waals surface area contributed by atoms with Crippen molar-refractivity contribution in [1.29, 1.82) is 0 Å². The van der Waals surface area contributed by atoms with Crippen molar-refractivity contribution in [2.45, 2.75) is 19.9 Å². The van der Waals surface area contributed by atoms with E-state index in [-0.39, 0.29) is 0 Å². The zero-order chi connectivity index (χ0) is 15.2. The van der Waals surface area contributed by atoms with E-state index in [1.807, 2.05) is 37.0 Å². The first-order chi connectivity index (χ1) is 10.1. The summed E-state index contributed by atoms with van der Waals surface area (Å²) >= 11 is 7.07. The quantitative estimate of drug-likeness (QED) is 0.699. The molecule has 0 aliphatic rings. The van der Waals surface area contributed by atoms with Gasteiger partial charge in [0.2, 0.25) is 0 Å². The van der Waals surface area contributed by atoms with Crippen molar-refractivity contribution in [3.63, 3.8) is 0 Å². The average molecular weight is 417 g/mol. The van der Waals surface area contributed by atoms with Gasteiger partial charge in [-0.2, -0.15) is 0 Å². The number of imidazole rings is 1. The molecule has 1 heterocycles. The first-order valence-corrected chi connectivity index (χ1v) is 8.48. The van der Waals surface area contributed by atoms with Crippen molar-refractivity contribution < 1.29 is 4.74 Å². The normalized spacial score (nSPS) is 10.9. The molecular formula is C15H19Br2N3O. The van der Waals surface area contributed by atoms with Crippen molar-refractivity contribution in [3.05, 3.63) is 44.9 Å². The Labute approximate surface area is 142 Å². The van der Waals surface area contributed by atoms with Crippen LogP contribution in [-0.4, -0.2) is 22.7 Å². The number of nitrogens with one attached hydrogen (secondary N) is 1. The van der Waals surface area contributed by atoms with Crippen LogP contribution in [0.1, 0.15) is 18.3 Å². The fraction of sp³-hybridized carbons (Fsp3) is 0.400. The predicted molar refractivity (Wildman–Crippen MR) is 91.6 cm³/mol. The van der Waals surface area contributed by atoms with Crippen molar-refractivity contribution >= 4 is 31.9 Å². The van der Waals surface area contributed by atoms with Gasteiger partial charge in [-0.25, -0.2) is 4.98 Å². The topological polar surface area (TPSA) is 39.1 Å². The van der Waals surface area contributed by atoms with E-state index in [0.29, 0.717) is 6.61 Å². The van der Waals surface area contributed by atoms with E-state index in [2.05, 4.69) is 48.2 Å². The Balaban J connectivity index is 1.94.